The second kappa shape index (κ2) is 8.62. The molecule has 0 amide bonds. The van der Waals surface area contributed by atoms with Crippen molar-refractivity contribution in [3.05, 3.63) is 0 Å². The van der Waals surface area contributed by atoms with Gasteiger partial charge in [0, 0.05) is 8.07 Å². The summed E-state index contributed by atoms with van der Waals surface area (Å²) >= 11 is 0. The number of rotatable bonds is 8. The Morgan fingerprint density at radius 3 is 2.19 bits per heavy atom. The Morgan fingerprint density at radius 1 is 1.00 bits per heavy atom. The molecule has 96 valence electrons. The Hall–Kier alpha value is -0.513. The van der Waals surface area contributed by atoms with Crippen LogP contribution in [0.3, 0.4) is 0 Å². The van der Waals surface area contributed by atoms with E-state index in [9.17, 15) is 4.79 Å². The van der Waals surface area contributed by atoms with Gasteiger partial charge in [-0.3, -0.25) is 0 Å². The highest BCUT2D eigenvalue weighted by molar-refractivity contribution is 6.76. The van der Waals surface area contributed by atoms with Crippen LogP contribution in [0.5, 0.6) is 0 Å². The van der Waals surface area contributed by atoms with Crippen LogP contribution in [0, 0.1) is 0 Å². The van der Waals surface area contributed by atoms with Gasteiger partial charge in [-0.1, -0.05) is 45.8 Å². The van der Waals surface area contributed by atoms with Crippen LogP contribution in [0.15, 0.2) is 0 Å². The van der Waals surface area contributed by atoms with E-state index < -0.39 is 14.2 Å². The first-order valence-electron chi connectivity index (χ1n) is 6.25. The lowest BCUT2D eigenvalue weighted by Gasteiger charge is -2.15. The zero-order chi connectivity index (χ0) is 12.4. The summed E-state index contributed by atoms with van der Waals surface area (Å²) in [6, 6.07) is 0.998. The third-order valence-electron chi connectivity index (χ3n) is 2.29. The van der Waals surface area contributed by atoms with Gasteiger partial charge in [0.25, 0.3) is 0 Å². The van der Waals surface area contributed by atoms with E-state index in [1.54, 1.807) is 0 Å². The van der Waals surface area contributed by atoms with E-state index in [1.807, 2.05) is 0 Å². The number of carbonyl (C=O) groups excluding carboxylic acids is 1. The zero-order valence-electron chi connectivity index (χ0n) is 11.2. The second-order valence-electron chi connectivity index (χ2n) is 5.32. The maximum Gasteiger partial charge on any atom is 0.508 e. The molecule has 0 heterocycles. The molecule has 0 aromatic carbocycles. The summed E-state index contributed by atoms with van der Waals surface area (Å²) < 4.78 is 9.96. The topological polar surface area (TPSA) is 35.5 Å². The molecule has 4 heteroatoms. The van der Waals surface area contributed by atoms with E-state index in [-0.39, 0.29) is 0 Å². The number of unbranched alkanes of at least 4 members (excludes halogenated alkanes) is 3. The summed E-state index contributed by atoms with van der Waals surface area (Å²) in [6.45, 7) is 9.92. The maximum atomic E-state index is 11.1. The Morgan fingerprint density at radius 2 is 1.62 bits per heavy atom. The van der Waals surface area contributed by atoms with E-state index in [0.717, 1.165) is 18.9 Å². The van der Waals surface area contributed by atoms with Crippen molar-refractivity contribution in [3.63, 3.8) is 0 Å². The molecule has 0 aliphatic rings. The maximum absolute atomic E-state index is 11.1. The molecule has 0 saturated heterocycles. The minimum Gasteiger partial charge on any atom is -0.435 e. The van der Waals surface area contributed by atoms with Crippen molar-refractivity contribution in [3.8, 4) is 0 Å². The molecule has 0 fully saturated rings. The largest absolute Gasteiger partial charge is 0.508 e. The van der Waals surface area contributed by atoms with Crippen LogP contribution >= 0.6 is 0 Å². The minimum absolute atomic E-state index is 0.492. The number of hydrogen-bond acceptors (Lipinski definition) is 3. The van der Waals surface area contributed by atoms with Crippen molar-refractivity contribution in [1.82, 2.24) is 0 Å². The van der Waals surface area contributed by atoms with Crippen LogP contribution in [0.4, 0.5) is 4.79 Å². The van der Waals surface area contributed by atoms with Crippen molar-refractivity contribution in [2.24, 2.45) is 0 Å². The molecule has 0 radical (unpaired) electrons. The van der Waals surface area contributed by atoms with E-state index in [4.69, 9.17) is 9.47 Å². The predicted octanol–water partition coefficient (Wildman–Crippen LogP) is 4.06. The molecule has 0 N–H and O–H groups in total. The number of carbonyl (C=O) groups is 1. The predicted molar refractivity (Wildman–Crippen MR) is 69.6 cm³/mol. The number of ether oxygens (including phenoxy) is 2. The third kappa shape index (κ3) is 11.6. The Kier molecular flexibility index (Phi) is 8.34. The summed E-state index contributed by atoms with van der Waals surface area (Å²) in [5.41, 5.74) is 0. The average molecular weight is 246 g/mol. The van der Waals surface area contributed by atoms with Crippen LogP contribution < -0.4 is 0 Å². The first-order valence-corrected chi connectivity index (χ1v) is 9.96. The molecule has 3 nitrogen and oxygen atoms in total. The fraction of sp³-hybridized carbons (Fsp3) is 0.917. The summed E-state index contributed by atoms with van der Waals surface area (Å²) in [4.78, 5) is 11.1. The fourth-order valence-electron chi connectivity index (χ4n) is 1.17. The van der Waals surface area contributed by atoms with E-state index in [1.165, 1.54) is 12.8 Å². The highest BCUT2D eigenvalue weighted by atomic mass is 28.3. The summed E-state index contributed by atoms with van der Waals surface area (Å²) in [7, 11) is -1.11. The molecule has 0 unspecified atom stereocenters. The van der Waals surface area contributed by atoms with E-state index in [2.05, 4.69) is 26.6 Å². The van der Waals surface area contributed by atoms with Crippen molar-refractivity contribution in [2.45, 2.75) is 58.3 Å². The van der Waals surface area contributed by atoms with Crippen molar-refractivity contribution < 1.29 is 14.3 Å². The van der Waals surface area contributed by atoms with Crippen molar-refractivity contribution >= 4 is 14.2 Å². The average Bonchev–Trinajstić information content (AvgIpc) is 2.15. The Labute approximate surface area is 101 Å². The summed E-state index contributed by atoms with van der Waals surface area (Å²) in [5.74, 6) is 0. The molecule has 0 bridgehead atoms. The quantitative estimate of drug-likeness (QED) is 0.368. The summed E-state index contributed by atoms with van der Waals surface area (Å²) in [6.07, 6.45) is 3.96. The van der Waals surface area contributed by atoms with Crippen molar-refractivity contribution in [1.29, 1.82) is 0 Å². The van der Waals surface area contributed by atoms with E-state index in [0.29, 0.717) is 13.2 Å². The fourth-order valence-corrected chi connectivity index (χ4v) is 1.88. The van der Waals surface area contributed by atoms with Gasteiger partial charge in [0.05, 0.1) is 13.2 Å². The first kappa shape index (κ1) is 15.5. The molecule has 0 atom stereocenters. The van der Waals surface area contributed by atoms with Gasteiger partial charge in [0.15, 0.2) is 0 Å². The Bertz CT molecular complexity index is 187. The van der Waals surface area contributed by atoms with Crippen LogP contribution in [-0.2, 0) is 9.47 Å². The molecule has 0 aromatic heterocycles. The molecule has 0 aliphatic heterocycles. The molecule has 0 spiro atoms. The molecular formula is C12H26O3Si. The zero-order valence-corrected chi connectivity index (χ0v) is 12.2. The standard InChI is InChI=1S/C12H26O3Si/c1-5-6-7-8-9-14-12(13)15-10-11-16(2,3)4/h5-11H2,1-4H3. The van der Waals surface area contributed by atoms with Gasteiger partial charge in [0.1, 0.15) is 0 Å². The SMILES string of the molecule is CCCCCCOC(=O)OCC[Si](C)(C)C. The molecule has 0 aromatic rings. The summed E-state index contributed by atoms with van der Waals surface area (Å²) in [5, 5.41) is 0. The normalized spacial score (nSPS) is 11.2. The van der Waals surface area contributed by atoms with Crippen LogP contribution in [0.25, 0.3) is 0 Å². The lowest BCUT2D eigenvalue weighted by molar-refractivity contribution is 0.0576. The molecule has 16 heavy (non-hydrogen) atoms. The molecule has 0 rings (SSSR count). The van der Waals surface area contributed by atoms with Crippen LogP contribution in [0.2, 0.25) is 25.7 Å². The Balaban J connectivity index is 3.32. The van der Waals surface area contributed by atoms with Gasteiger partial charge in [0.2, 0.25) is 0 Å². The van der Waals surface area contributed by atoms with Gasteiger partial charge in [-0.15, -0.1) is 0 Å². The van der Waals surface area contributed by atoms with Gasteiger partial charge >= 0.3 is 6.16 Å². The molecular weight excluding hydrogens is 220 g/mol. The van der Waals surface area contributed by atoms with Gasteiger partial charge < -0.3 is 9.47 Å². The monoisotopic (exact) mass is 246 g/mol. The third-order valence-corrected chi connectivity index (χ3v) is 3.99. The van der Waals surface area contributed by atoms with Crippen LogP contribution in [-0.4, -0.2) is 27.4 Å². The highest BCUT2D eigenvalue weighted by Gasteiger charge is 2.14. The molecule has 0 aliphatic carbocycles. The first-order chi connectivity index (χ1) is 7.45. The smallest absolute Gasteiger partial charge is 0.435 e. The highest BCUT2D eigenvalue weighted by Crippen LogP contribution is 2.08. The van der Waals surface area contributed by atoms with Gasteiger partial charge in [-0.05, 0) is 12.5 Å². The van der Waals surface area contributed by atoms with Crippen molar-refractivity contribution in [2.75, 3.05) is 13.2 Å². The number of hydrogen-bond donors (Lipinski definition) is 0. The second-order valence-corrected chi connectivity index (χ2v) is 10.9. The lowest BCUT2D eigenvalue weighted by Crippen LogP contribution is -2.23. The van der Waals surface area contributed by atoms with E-state index >= 15 is 0 Å². The van der Waals surface area contributed by atoms with Gasteiger partial charge in [-0.2, -0.15) is 0 Å². The minimum atomic E-state index is -1.11. The van der Waals surface area contributed by atoms with Crippen LogP contribution in [0.1, 0.15) is 32.6 Å². The lowest BCUT2D eigenvalue weighted by atomic mass is 10.2. The van der Waals surface area contributed by atoms with Gasteiger partial charge in [-0.25, -0.2) is 4.79 Å². The molecule has 0 saturated carbocycles.